The summed E-state index contributed by atoms with van der Waals surface area (Å²) in [7, 11) is 1.91. The number of halogens is 1. The number of hydrogen-bond acceptors (Lipinski definition) is 5. The summed E-state index contributed by atoms with van der Waals surface area (Å²) in [4.78, 5) is 14.6. The standard InChI is InChI=1S/C17H21FN4O2S/c1-11(24-13-7-4-6-12(18)10-13)16(23)22-9-5-8-14(22)15-19-20-17(25-3)21(15)2/h4,6-7,10-11,14H,5,8-9H2,1-3H3/t11-,14-/m0/s1. The summed E-state index contributed by atoms with van der Waals surface area (Å²) in [6, 6.07) is 5.71. The van der Waals surface area contributed by atoms with Gasteiger partial charge in [0.05, 0.1) is 6.04 Å². The monoisotopic (exact) mass is 364 g/mol. The topological polar surface area (TPSA) is 60.3 Å². The first kappa shape index (κ1) is 17.7. The normalized spacial score (nSPS) is 18.4. The molecule has 134 valence electrons. The number of nitrogens with zero attached hydrogens (tertiary/aromatic N) is 4. The van der Waals surface area contributed by atoms with Crippen LogP contribution in [0.4, 0.5) is 4.39 Å². The minimum absolute atomic E-state index is 0.107. The SMILES string of the molecule is CSc1nnc([C@@H]2CCCN2C(=O)[C@H](C)Oc2cccc(F)c2)n1C. The highest BCUT2D eigenvalue weighted by atomic mass is 32.2. The summed E-state index contributed by atoms with van der Waals surface area (Å²) in [6.45, 7) is 2.34. The van der Waals surface area contributed by atoms with E-state index in [4.69, 9.17) is 4.74 Å². The Balaban J connectivity index is 1.74. The third-order valence-corrected chi connectivity index (χ3v) is 5.06. The second-order valence-electron chi connectivity index (χ2n) is 6.01. The first-order chi connectivity index (χ1) is 12.0. The molecule has 0 aliphatic carbocycles. The van der Waals surface area contributed by atoms with Crippen LogP contribution in [0.2, 0.25) is 0 Å². The Morgan fingerprint density at radius 1 is 1.44 bits per heavy atom. The van der Waals surface area contributed by atoms with Gasteiger partial charge in [-0.25, -0.2) is 4.39 Å². The van der Waals surface area contributed by atoms with Crippen LogP contribution in [0, 0.1) is 5.82 Å². The molecule has 25 heavy (non-hydrogen) atoms. The molecule has 0 spiro atoms. The lowest BCUT2D eigenvalue weighted by molar-refractivity contribution is -0.139. The Labute approximate surface area is 150 Å². The number of amides is 1. The molecule has 1 aliphatic rings. The van der Waals surface area contributed by atoms with Gasteiger partial charge in [0.25, 0.3) is 5.91 Å². The van der Waals surface area contributed by atoms with E-state index in [1.54, 1.807) is 24.0 Å². The van der Waals surface area contributed by atoms with Crippen molar-refractivity contribution < 1.29 is 13.9 Å². The van der Waals surface area contributed by atoms with Gasteiger partial charge in [-0.05, 0) is 38.2 Å². The molecule has 1 amide bonds. The number of carbonyl (C=O) groups excluding carboxylic acids is 1. The van der Waals surface area contributed by atoms with Crippen LogP contribution in [0.5, 0.6) is 5.75 Å². The van der Waals surface area contributed by atoms with Crippen LogP contribution >= 0.6 is 11.8 Å². The fraction of sp³-hybridized carbons (Fsp3) is 0.471. The van der Waals surface area contributed by atoms with Gasteiger partial charge in [-0.1, -0.05) is 17.8 Å². The first-order valence-corrected chi connectivity index (χ1v) is 9.39. The molecule has 1 aromatic carbocycles. The number of ether oxygens (including phenoxy) is 1. The van der Waals surface area contributed by atoms with Crippen molar-refractivity contribution in [2.24, 2.45) is 7.05 Å². The molecular formula is C17H21FN4O2S. The first-order valence-electron chi connectivity index (χ1n) is 8.17. The Morgan fingerprint density at radius 3 is 2.92 bits per heavy atom. The molecule has 2 heterocycles. The van der Waals surface area contributed by atoms with Crippen LogP contribution in [0.25, 0.3) is 0 Å². The second-order valence-corrected chi connectivity index (χ2v) is 6.78. The lowest BCUT2D eigenvalue weighted by atomic mass is 10.2. The molecule has 0 N–H and O–H groups in total. The number of benzene rings is 1. The van der Waals surface area contributed by atoms with Crippen molar-refractivity contribution in [3.05, 3.63) is 35.9 Å². The van der Waals surface area contributed by atoms with Crippen LogP contribution in [0.3, 0.4) is 0 Å². The number of hydrogen-bond donors (Lipinski definition) is 0. The van der Waals surface area contributed by atoms with Crippen molar-refractivity contribution in [2.75, 3.05) is 12.8 Å². The molecule has 3 rings (SSSR count). The zero-order chi connectivity index (χ0) is 18.0. The van der Waals surface area contributed by atoms with Crippen molar-refractivity contribution in [1.82, 2.24) is 19.7 Å². The largest absolute Gasteiger partial charge is 0.481 e. The summed E-state index contributed by atoms with van der Waals surface area (Å²) >= 11 is 1.52. The molecule has 1 aromatic heterocycles. The van der Waals surface area contributed by atoms with Crippen LogP contribution in [-0.4, -0.2) is 44.5 Å². The van der Waals surface area contributed by atoms with Gasteiger partial charge < -0.3 is 14.2 Å². The van der Waals surface area contributed by atoms with Gasteiger partial charge in [0.2, 0.25) is 0 Å². The maximum Gasteiger partial charge on any atom is 0.263 e. The number of thioether (sulfide) groups is 1. The van der Waals surface area contributed by atoms with E-state index in [0.717, 1.165) is 23.8 Å². The van der Waals surface area contributed by atoms with E-state index >= 15 is 0 Å². The molecule has 0 bridgehead atoms. The summed E-state index contributed by atoms with van der Waals surface area (Å²) in [5, 5.41) is 9.24. The number of carbonyl (C=O) groups is 1. The molecule has 0 saturated carbocycles. The van der Waals surface area contributed by atoms with E-state index in [1.807, 2.05) is 17.9 Å². The van der Waals surface area contributed by atoms with E-state index in [2.05, 4.69) is 10.2 Å². The third-order valence-electron chi connectivity index (χ3n) is 4.34. The fourth-order valence-corrected chi connectivity index (χ4v) is 3.61. The minimum Gasteiger partial charge on any atom is -0.481 e. The summed E-state index contributed by atoms with van der Waals surface area (Å²) in [5.41, 5.74) is 0. The van der Waals surface area contributed by atoms with Gasteiger partial charge in [-0.2, -0.15) is 0 Å². The van der Waals surface area contributed by atoms with E-state index in [1.165, 1.54) is 23.9 Å². The molecule has 2 aromatic rings. The van der Waals surface area contributed by atoms with E-state index in [-0.39, 0.29) is 17.8 Å². The molecule has 8 heteroatoms. The zero-order valence-electron chi connectivity index (χ0n) is 14.5. The summed E-state index contributed by atoms with van der Waals surface area (Å²) < 4.78 is 20.8. The lowest BCUT2D eigenvalue weighted by Gasteiger charge is -2.27. The van der Waals surface area contributed by atoms with Crippen LogP contribution in [-0.2, 0) is 11.8 Å². The molecule has 0 unspecified atom stereocenters. The predicted octanol–water partition coefficient (Wildman–Crippen LogP) is 2.81. The fourth-order valence-electron chi connectivity index (χ4n) is 3.12. The predicted molar refractivity (Wildman–Crippen MR) is 93.0 cm³/mol. The van der Waals surface area contributed by atoms with Crippen molar-refractivity contribution in [3.8, 4) is 5.75 Å². The Morgan fingerprint density at radius 2 is 2.24 bits per heavy atom. The highest BCUT2D eigenvalue weighted by Gasteiger charge is 2.36. The summed E-state index contributed by atoms with van der Waals surface area (Å²) in [6.07, 6.45) is 3.00. The minimum atomic E-state index is -0.698. The quantitative estimate of drug-likeness (QED) is 0.764. The van der Waals surface area contributed by atoms with Crippen molar-refractivity contribution in [1.29, 1.82) is 0 Å². The average Bonchev–Trinajstić information content (AvgIpc) is 3.20. The van der Waals surface area contributed by atoms with Crippen LogP contribution in [0.15, 0.2) is 29.4 Å². The second kappa shape index (κ2) is 7.43. The van der Waals surface area contributed by atoms with Crippen LogP contribution < -0.4 is 4.74 Å². The highest BCUT2D eigenvalue weighted by molar-refractivity contribution is 7.98. The number of rotatable bonds is 5. The van der Waals surface area contributed by atoms with Gasteiger partial charge in [0.1, 0.15) is 11.6 Å². The molecule has 1 aliphatic heterocycles. The smallest absolute Gasteiger partial charge is 0.263 e. The Kier molecular flexibility index (Phi) is 5.27. The van der Waals surface area contributed by atoms with Gasteiger partial charge >= 0.3 is 0 Å². The summed E-state index contributed by atoms with van der Waals surface area (Å²) in [5.74, 6) is 0.619. The molecule has 6 nitrogen and oxygen atoms in total. The zero-order valence-corrected chi connectivity index (χ0v) is 15.3. The molecule has 2 atom stereocenters. The number of aromatic nitrogens is 3. The molecular weight excluding hydrogens is 343 g/mol. The maximum absolute atomic E-state index is 13.3. The van der Waals surface area contributed by atoms with Crippen molar-refractivity contribution in [3.63, 3.8) is 0 Å². The third kappa shape index (κ3) is 3.63. The van der Waals surface area contributed by atoms with Crippen LogP contribution in [0.1, 0.15) is 31.6 Å². The van der Waals surface area contributed by atoms with Gasteiger partial charge in [0, 0.05) is 19.7 Å². The van der Waals surface area contributed by atoms with Gasteiger partial charge in [-0.3, -0.25) is 4.79 Å². The number of likely N-dealkylation sites (tertiary alicyclic amines) is 1. The Bertz CT molecular complexity index is 767. The van der Waals surface area contributed by atoms with Gasteiger partial charge in [-0.15, -0.1) is 10.2 Å². The Hall–Kier alpha value is -2.09. The maximum atomic E-state index is 13.3. The molecule has 0 radical (unpaired) electrons. The van der Waals surface area contributed by atoms with Crippen molar-refractivity contribution >= 4 is 17.7 Å². The average molecular weight is 364 g/mol. The molecule has 1 fully saturated rings. The van der Waals surface area contributed by atoms with E-state index < -0.39 is 6.10 Å². The lowest BCUT2D eigenvalue weighted by Crippen LogP contribution is -2.40. The van der Waals surface area contributed by atoms with E-state index in [9.17, 15) is 9.18 Å². The highest BCUT2D eigenvalue weighted by Crippen LogP contribution is 2.32. The van der Waals surface area contributed by atoms with E-state index in [0.29, 0.717) is 12.3 Å². The molecule has 1 saturated heterocycles. The van der Waals surface area contributed by atoms with Crippen molar-refractivity contribution in [2.45, 2.75) is 37.1 Å². The van der Waals surface area contributed by atoms with Gasteiger partial charge in [0.15, 0.2) is 17.1 Å².